The first-order valence-electron chi connectivity index (χ1n) is 7.85. The molecule has 0 saturated carbocycles. The Morgan fingerprint density at radius 2 is 1.71 bits per heavy atom. The minimum absolute atomic E-state index is 0.224. The number of aliphatic imine (C=N–C) groups is 1. The van der Waals surface area contributed by atoms with Crippen LogP contribution in [0.25, 0.3) is 21.8 Å². The third-order valence-corrected chi connectivity index (χ3v) is 4.41. The molecule has 5 heteroatoms. The van der Waals surface area contributed by atoms with E-state index in [0.29, 0.717) is 5.96 Å². The molecular weight excluding hydrogens is 298 g/mol. The van der Waals surface area contributed by atoms with Gasteiger partial charge in [-0.05, 0) is 34.5 Å². The van der Waals surface area contributed by atoms with Gasteiger partial charge in [-0.2, -0.15) is 0 Å². The fourth-order valence-electron chi connectivity index (χ4n) is 3.31. The molecule has 0 radical (unpaired) electrons. The van der Waals surface area contributed by atoms with E-state index in [0.717, 1.165) is 22.5 Å². The van der Waals surface area contributed by atoms with Crippen molar-refractivity contribution in [3.8, 4) is 0 Å². The van der Waals surface area contributed by atoms with E-state index in [1.165, 1.54) is 10.8 Å². The van der Waals surface area contributed by atoms with E-state index in [9.17, 15) is 0 Å². The minimum Gasteiger partial charge on any atom is -0.370 e. The van der Waals surface area contributed by atoms with Crippen LogP contribution in [0.15, 0.2) is 71.7 Å². The second-order valence-electron chi connectivity index (χ2n) is 5.91. The third-order valence-electron chi connectivity index (χ3n) is 4.41. The van der Waals surface area contributed by atoms with Crippen LogP contribution in [0.2, 0.25) is 0 Å². The van der Waals surface area contributed by atoms with Crippen LogP contribution in [0, 0.1) is 0 Å². The normalized spacial score (nSPS) is 16.7. The van der Waals surface area contributed by atoms with E-state index in [1.54, 1.807) is 0 Å². The van der Waals surface area contributed by atoms with Gasteiger partial charge in [0.15, 0.2) is 12.1 Å². The topological polar surface area (TPSA) is 68.2 Å². The Kier molecular flexibility index (Phi) is 2.64. The first kappa shape index (κ1) is 13.1. The summed E-state index contributed by atoms with van der Waals surface area (Å²) in [6, 6.07) is 22.7. The maximum atomic E-state index is 6.00. The van der Waals surface area contributed by atoms with E-state index in [-0.39, 0.29) is 6.17 Å². The van der Waals surface area contributed by atoms with Crippen LogP contribution in [0.5, 0.6) is 0 Å². The van der Waals surface area contributed by atoms with Gasteiger partial charge in [-0.3, -0.25) is 9.88 Å². The van der Waals surface area contributed by atoms with Gasteiger partial charge >= 0.3 is 0 Å². The number of benzene rings is 3. The van der Waals surface area contributed by atoms with Crippen molar-refractivity contribution < 1.29 is 0 Å². The molecule has 1 aromatic heterocycles. The van der Waals surface area contributed by atoms with E-state index >= 15 is 0 Å². The Labute approximate surface area is 138 Å². The number of nitrogens with one attached hydrogen (secondary N) is 1. The van der Waals surface area contributed by atoms with Gasteiger partial charge in [0, 0.05) is 0 Å². The van der Waals surface area contributed by atoms with Gasteiger partial charge < -0.3 is 5.73 Å². The third kappa shape index (κ3) is 1.88. The predicted octanol–water partition coefficient (Wildman–Crippen LogP) is 3.48. The zero-order valence-corrected chi connectivity index (χ0v) is 12.8. The van der Waals surface area contributed by atoms with Crippen molar-refractivity contribution in [3.63, 3.8) is 0 Å². The Hall–Kier alpha value is -3.34. The molecule has 0 saturated heterocycles. The fourth-order valence-corrected chi connectivity index (χ4v) is 3.31. The molecule has 0 fully saturated rings. The monoisotopic (exact) mass is 313 g/mol. The maximum Gasteiger partial charge on any atom is 0.212 e. The molecule has 2 heterocycles. The smallest absolute Gasteiger partial charge is 0.212 e. The van der Waals surface area contributed by atoms with Crippen molar-refractivity contribution in [2.75, 3.05) is 5.32 Å². The molecule has 1 aliphatic rings. The highest BCUT2D eigenvalue weighted by molar-refractivity contribution is 5.95. The highest BCUT2D eigenvalue weighted by Gasteiger charge is 2.24. The number of anilines is 1. The number of fused-ring (bicyclic) bond motifs is 4. The molecule has 3 aromatic carbocycles. The predicted molar refractivity (Wildman–Crippen MR) is 97.1 cm³/mol. The molecular formula is C19H15N5. The van der Waals surface area contributed by atoms with Gasteiger partial charge in [-0.15, -0.1) is 0 Å². The molecule has 5 nitrogen and oxygen atoms in total. The number of rotatable bonds is 1. The van der Waals surface area contributed by atoms with Gasteiger partial charge in [-0.25, -0.2) is 9.98 Å². The summed E-state index contributed by atoms with van der Waals surface area (Å²) in [5, 5.41) is 5.46. The molecule has 0 amide bonds. The second-order valence-corrected chi connectivity index (χ2v) is 5.91. The molecule has 0 aliphatic carbocycles. The molecule has 24 heavy (non-hydrogen) atoms. The molecule has 3 N–H and O–H groups in total. The quantitative estimate of drug-likeness (QED) is 0.565. The summed E-state index contributed by atoms with van der Waals surface area (Å²) in [7, 11) is 0. The van der Waals surface area contributed by atoms with Crippen molar-refractivity contribution in [1.29, 1.82) is 0 Å². The SMILES string of the molecule is NC1=N[C@H](c2ccc3ccccc3c2)n2c(nc3ccccc32)N1. The van der Waals surface area contributed by atoms with Gasteiger partial charge in [-0.1, -0.05) is 48.5 Å². The summed E-state index contributed by atoms with van der Waals surface area (Å²) < 4.78 is 2.09. The van der Waals surface area contributed by atoms with E-state index in [1.807, 2.05) is 30.3 Å². The van der Waals surface area contributed by atoms with E-state index in [4.69, 9.17) is 5.73 Å². The van der Waals surface area contributed by atoms with Crippen molar-refractivity contribution in [2.45, 2.75) is 6.17 Å². The number of hydrogen-bond donors (Lipinski definition) is 2. The molecule has 116 valence electrons. The van der Waals surface area contributed by atoms with Crippen molar-refractivity contribution in [3.05, 3.63) is 72.3 Å². The summed E-state index contributed by atoms with van der Waals surface area (Å²) in [5.74, 6) is 1.11. The summed E-state index contributed by atoms with van der Waals surface area (Å²) >= 11 is 0. The molecule has 0 spiro atoms. The first-order chi connectivity index (χ1) is 11.8. The zero-order chi connectivity index (χ0) is 16.1. The molecule has 4 aromatic rings. The lowest BCUT2D eigenvalue weighted by Gasteiger charge is -2.24. The van der Waals surface area contributed by atoms with Gasteiger partial charge in [0.2, 0.25) is 5.95 Å². The van der Waals surface area contributed by atoms with Crippen LogP contribution in [0.3, 0.4) is 0 Å². The summed E-state index contributed by atoms with van der Waals surface area (Å²) in [5.41, 5.74) is 9.05. The lowest BCUT2D eigenvalue weighted by molar-refractivity contribution is 0.627. The maximum absolute atomic E-state index is 6.00. The lowest BCUT2D eigenvalue weighted by Crippen LogP contribution is -2.31. The number of imidazole rings is 1. The Balaban J connectivity index is 1.76. The van der Waals surface area contributed by atoms with Crippen molar-refractivity contribution in [2.24, 2.45) is 10.7 Å². The van der Waals surface area contributed by atoms with Crippen LogP contribution in [-0.2, 0) is 0 Å². The van der Waals surface area contributed by atoms with Crippen molar-refractivity contribution in [1.82, 2.24) is 9.55 Å². The number of nitrogens with zero attached hydrogens (tertiary/aromatic N) is 3. The number of aromatic nitrogens is 2. The van der Waals surface area contributed by atoms with Crippen LogP contribution >= 0.6 is 0 Å². The Bertz CT molecular complexity index is 1110. The fraction of sp³-hybridized carbons (Fsp3) is 0.0526. The Morgan fingerprint density at radius 3 is 2.62 bits per heavy atom. The van der Waals surface area contributed by atoms with Gasteiger partial charge in [0.05, 0.1) is 11.0 Å². The average molecular weight is 313 g/mol. The highest BCUT2D eigenvalue weighted by atomic mass is 15.4. The summed E-state index contributed by atoms with van der Waals surface area (Å²) in [6.45, 7) is 0. The van der Waals surface area contributed by atoms with Crippen LogP contribution < -0.4 is 11.1 Å². The number of para-hydroxylation sites is 2. The van der Waals surface area contributed by atoms with Crippen molar-refractivity contribution >= 4 is 33.7 Å². The van der Waals surface area contributed by atoms with Crippen LogP contribution in [-0.4, -0.2) is 15.5 Å². The largest absolute Gasteiger partial charge is 0.370 e. The van der Waals surface area contributed by atoms with Crippen LogP contribution in [0.4, 0.5) is 5.95 Å². The molecule has 0 bridgehead atoms. The lowest BCUT2D eigenvalue weighted by atomic mass is 10.1. The molecule has 1 atom stereocenters. The van der Waals surface area contributed by atoms with E-state index in [2.05, 4.69) is 56.3 Å². The zero-order valence-electron chi connectivity index (χ0n) is 12.8. The second kappa shape index (κ2) is 4.83. The Morgan fingerprint density at radius 1 is 0.917 bits per heavy atom. The highest BCUT2D eigenvalue weighted by Crippen LogP contribution is 2.33. The van der Waals surface area contributed by atoms with Gasteiger partial charge in [0.25, 0.3) is 0 Å². The minimum atomic E-state index is -0.224. The number of guanidine groups is 1. The van der Waals surface area contributed by atoms with E-state index < -0.39 is 0 Å². The molecule has 0 unspecified atom stereocenters. The molecule has 5 rings (SSSR count). The number of nitrogens with two attached hydrogens (primary N) is 1. The molecule has 1 aliphatic heterocycles. The number of hydrogen-bond acceptors (Lipinski definition) is 4. The first-order valence-corrected chi connectivity index (χ1v) is 7.85. The standard InChI is InChI=1S/C19H15N5/c20-18-22-17(14-10-9-12-5-1-2-6-13(12)11-14)24-16-8-4-3-7-15(16)21-19(24)23-18/h1-11,17H,(H3,20,21,22,23)/t17-/m0/s1. The summed E-state index contributed by atoms with van der Waals surface area (Å²) in [4.78, 5) is 9.26. The van der Waals surface area contributed by atoms with Gasteiger partial charge in [0.1, 0.15) is 0 Å². The summed E-state index contributed by atoms with van der Waals surface area (Å²) in [6.07, 6.45) is -0.224. The average Bonchev–Trinajstić information content (AvgIpc) is 2.98. The van der Waals surface area contributed by atoms with Crippen LogP contribution in [0.1, 0.15) is 11.7 Å².